The van der Waals surface area contributed by atoms with Gasteiger partial charge < -0.3 is 0 Å². The van der Waals surface area contributed by atoms with E-state index in [1.165, 1.54) is 0 Å². The normalized spacial score (nSPS) is 16.8. The summed E-state index contributed by atoms with van der Waals surface area (Å²) in [6, 6.07) is -16.1. The van der Waals surface area contributed by atoms with Gasteiger partial charge in [0.25, 0.3) is 0 Å². The highest BCUT2D eigenvalue weighted by atomic mass is 19.4. The van der Waals surface area contributed by atoms with Crippen molar-refractivity contribution in [3.63, 3.8) is 0 Å². The standard InChI is InChI=1S/C9HF20N/c10-1(5(17,18)19,6(20,21)22)2(11,12)8(26,27)30-9(28,29)4(15,16)3(13,14)7(23,24)25/h30H. The highest BCUT2D eigenvalue weighted by molar-refractivity contribution is 5.12. The molecule has 0 atom stereocenters. The average molecular weight is 503 g/mol. The third-order valence-electron chi connectivity index (χ3n) is 3.07. The van der Waals surface area contributed by atoms with Crippen LogP contribution in [0.25, 0.3) is 0 Å². The predicted octanol–water partition coefficient (Wildman–Crippen LogP) is 6.06. The van der Waals surface area contributed by atoms with Gasteiger partial charge in [-0.2, -0.15) is 88.7 Å². The molecule has 21 heteroatoms. The first-order valence-corrected chi connectivity index (χ1v) is 6.03. The van der Waals surface area contributed by atoms with Crippen molar-refractivity contribution in [2.75, 3.05) is 0 Å². The molecule has 0 aliphatic heterocycles. The van der Waals surface area contributed by atoms with E-state index in [0.717, 1.165) is 0 Å². The lowest BCUT2D eigenvalue weighted by molar-refractivity contribution is -0.446. The minimum atomic E-state index is -8.55. The van der Waals surface area contributed by atoms with Gasteiger partial charge in [0.1, 0.15) is 0 Å². The molecule has 182 valence electrons. The van der Waals surface area contributed by atoms with Crippen molar-refractivity contribution < 1.29 is 87.8 Å². The van der Waals surface area contributed by atoms with E-state index < -0.39 is 59.4 Å². The van der Waals surface area contributed by atoms with E-state index in [1.54, 1.807) is 0 Å². The molecule has 30 heavy (non-hydrogen) atoms. The third kappa shape index (κ3) is 3.80. The van der Waals surface area contributed by atoms with E-state index >= 15 is 0 Å². The quantitative estimate of drug-likeness (QED) is 0.344. The van der Waals surface area contributed by atoms with Crippen molar-refractivity contribution >= 4 is 0 Å². The summed E-state index contributed by atoms with van der Waals surface area (Å²) in [5, 5.41) is -2.15. The van der Waals surface area contributed by atoms with Gasteiger partial charge in [-0.3, -0.25) is 0 Å². The maximum Gasteiger partial charge on any atom is 0.460 e. The molecule has 0 radical (unpaired) electrons. The van der Waals surface area contributed by atoms with E-state index in [-0.39, 0.29) is 0 Å². The summed E-state index contributed by atoms with van der Waals surface area (Å²) >= 11 is 0. The zero-order valence-electron chi connectivity index (χ0n) is 12.6. The number of hydrogen-bond donors (Lipinski definition) is 1. The summed E-state index contributed by atoms with van der Waals surface area (Å²) in [6.45, 7) is 0. The van der Waals surface area contributed by atoms with Crippen LogP contribution in [-0.2, 0) is 0 Å². The Balaban J connectivity index is 6.59. The second-order valence-corrected chi connectivity index (χ2v) is 5.15. The van der Waals surface area contributed by atoms with E-state index in [1.807, 2.05) is 0 Å². The van der Waals surface area contributed by atoms with Gasteiger partial charge in [-0.15, -0.1) is 0 Å². The molecular weight excluding hydrogens is 502 g/mol. The molecule has 0 aliphatic carbocycles. The van der Waals surface area contributed by atoms with Gasteiger partial charge >= 0.3 is 54.1 Å². The van der Waals surface area contributed by atoms with Gasteiger partial charge in [0.2, 0.25) is 0 Å². The number of nitrogens with one attached hydrogen (secondary N) is 1. The van der Waals surface area contributed by atoms with Crippen LogP contribution in [0.5, 0.6) is 0 Å². The second-order valence-electron chi connectivity index (χ2n) is 5.15. The zero-order valence-corrected chi connectivity index (χ0v) is 12.6. The molecule has 0 saturated carbocycles. The Hall–Kier alpha value is -1.44. The van der Waals surface area contributed by atoms with Crippen molar-refractivity contribution in [1.82, 2.24) is 5.32 Å². The lowest BCUT2D eigenvalue weighted by atomic mass is 9.93. The molecule has 0 saturated heterocycles. The minimum Gasteiger partial charge on any atom is -0.216 e. The second kappa shape index (κ2) is 6.78. The van der Waals surface area contributed by atoms with Crippen LogP contribution in [0.4, 0.5) is 87.8 Å². The summed E-state index contributed by atoms with van der Waals surface area (Å²) in [5.74, 6) is -24.8. The molecule has 0 rings (SSSR count). The highest BCUT2D eigenvalue weighted by Gasteiger charge is 2.92. The summed E-state index contributed by atoms with van der Waals surface area (Å²) < 4.78 is 249. The van der Waals surface area contributed by atoms with E-state index in [2.05, 4.69) is 0 Å². The third-order valence-corrected chi connectivity index (χ3v) is 3.07. The van der Waals surface area contributed by atoms with E-state index in [0.29, 0.717) is 0 Å². The fourth-order valence-electron chi connectivity index (χ4n) is 1.46. The van der Waals surface area contributed by atoms with Crippen LogP contribution >= 0.6 is 0 Å². The van der Waals surface area contributed by atoms with Gasteiger partial charge in [-0.1, -0.05) is 0 Å². The Labute approximate surface area is 149 Å². The van der Waals surface area contributed by atoms with Crippen LogP contribution in [0.3, 0.4) is 0 Å². The van der Waals surface area contributed by atoms with Crippen LogP contribution in [-0.4, -0.2) is 54.1 Å². The Morgan fingerprint density at radius 3 is 0.800 bits per heavy atom. The summed E-state index contributed by atoms with van der Waals surface area (Å²) in [7, 11) is 0. The number of halogens is 20. The van der Waals surface area contributed by atoms with Crippen LogP contribution in [0.2, 0.25) is 0 Å². The molecule has 0 aromatic carbocycles. The maximum absolute atomic E-state index is 13.1. The highest BCUT2D eigenvalue weighted by Crippen LogP contribution is 2.60. The van der Waals surface area contributed by atoms with Crippen LogP contribution in [0, 0.1) is 0 Å². The molecular formula is C9HF20N. The molecule has 0 spiro atoms. The van der Waals surface area contributed by atoms with E-state index in [4.69, 9.17) is 0 Å². The van der Waals surface area contributed by atoms with Crippen molar-refractivity contribution in [2.24, 2.45) is 0 Å². The molecule has 0 aromatic rings. The Bertz CT molecular complexity index is 604. The Morgan fingerprint density at radius 1 is 0.300 bits per heavy atom. The number of hydrogen-bond acceptors (Lipinski definition) is 1. The molecule has 1 nitrogen and oxygen atoms in total. The average Bonchev–Trinajstić information content (AvgIpc) is 2.40. The molecule has 1 N–H and O–H groups in total. The first kappa shape index (κ1) is 28.6. The largest absolute Gasteiger partial charge is 0.460 e. The first-order valence-electron chi connectivity index (χ1n) is 6.03. The van der Waals surface area contributed by atoms with Crippen LogP contribution in [0.1, 0.15) is 0 Å². The smallest absolute Gasteiger partial charge is 0.216 e. The van der Waals surface area contributed by atoms with Gasteiger partial charge in [0, 0.05) is 0 Å². The van der Waals surface area contributed by atoms with Gasteiger partial charge in [-0.05, 0) is 0 Å². The molecule has 0 aromatic heterocycles. The minimum absolute atomic E-state index is 2.15. The van der Waals surface area contributed by atoms with Crippen molar-refractivity contribution in [2.45, 2.75) is 54.1 Å². The summed E-state index contributed by atoms with van der Waals surface area (Å²) in [4.78, 5) is 0. The summed E-state index contributed by atoms with van der Waals surface area (Å²) in [5.41, 5.74) is -8.47. The number of rotatable bonds is 6. The molecule has 0 amide bonds. The zero-order chi connectivity index (χ0) is 25.2. The molecule has 0 unspecified atom stereocenters. The van der Waals surface area contributed by atoms with E-state index in [9.17, 15) is 87.8 Å². The topological polar surface area (TPSA) is 12.0 Å². The molecule has 0 fully saturated rings. The SMILES string of the molecule is FC(F)(F)C(F)(F)C(F)(F)C(F)(F)NC(F)(F)C(F)(F)C(F)(C(F)(F)F)C(F)(F)F. The maximum atomic E-state index is 13.1. The fraction of sp³-hybridized carbons (Fsp3) is 1.00. The monoisotopic (exact) mass is 503 g/mol. The van der Waals surface area contributed by atoms with Gasteiger partial charge in [-0.25, -0.2) is 4.39 Å². The van der Waals surface area contributed by atoms with Gasteiger partial charge in [0.05, 0.1) is 0 Å². The van der Waals surface area contributed by atoms with Gasteiger partial charge in [0.15, 0.2) is 0 Å². The Morgan fingerprint density at radius 2 is 0.567 bits per heavy atom. The molecule has 0 bridgehead atoms. The molecule has 0 aliphatic rings. The fourth-order valence-corrected chi connectivity index (χ4v) is 1.46. The van der Waals surface area contributed by atoms with Crippen molar-refractivity contribution in [3.05, 3.63) is 0 Å². The lowest BCUT2D eigenvalue weighted by Gasteiger charge is -2.42. The van der Waals surface area contributed by atoms with Crippen LogP contribution < -0.4 is 5.32 Å². The van der Waals surface area contributed by atoms with Crippen molar-refractivity contribution in [3.8, 4) is 0 Å². The predicted molar refractivity (Wildman–Crippen MR) is 49.9 cm³/mol. The lowest BCUT2D eigenvalue weighted by Crippen LogP contribution is -2.77. The Kier molecular flexibility index (Phi) is 6.45. The van der Waals surface area contributed by atoms with Crippen molar-refractivity contribution in [1.29, 1.82) is 0 Å². The number of alkyl halides is 20. The molecule has 0 heterocycles. The summed E-state index contributed by atoms with van der Waals surface area (Å²) in [6.07, 6.45) is -24.0. The van der Waals surface area contributed by atoms with Crippen LogP contribution in [0.15, 0.2) is 0 Å². The first-order chi connectivity index (χ1) is 12.5.